The van der Waals surface area contributed by atoms with Crippen LogP contribution in [0.25, 0.3) is 0 Å². The van der Waals surface area contributed by atoms with Gasteiger partial charge >= 0.3 is 0 Å². The molecule has 1 heterocycles. The molecule has 2 rings (SSSR count). The lowest BCUT2D eigenvalue weighted by atomic mass is 10.2. The number of nitrogens with one attached hydrogen (secondary N) is 2. The summed E-state index contributed by atoms with van der Waals surface area (Å²) in [5.41, 5.74) is 1.25. The molecule has 0 fully saturated rings. The van der Waals surface area contributed by atoms with Crippen molar-refractivity contribution in [1.82, 2.24) is 15.3 Å². The molecule has 0 atom stereocenters. The van der Waals surface area contributed by atoms with E-state index in [0.717, 1.165) is 37.5 Å². The van der Waals surface area contributed by atoms with E-state index in [1.165, 1.54) is 5.56 Å². The third-order valence-corrected chi connectivity index (χ3v) is 2.92. The SMILES string of the molecule is CC(C)Oc1cccc(CNCCCc2ncc[nH]2)c1. The standard InChI is InChI=1S/C16H23N3O/c1-13(2)20-15-6-3-5-14(11-15)12-17-8-4-7-16-18-9-10-19-16/h3,5-6,9-11,13,17H,4,7-8,12H2,1-2H3,(H,18,19). The van der Waals surface area contributed by atoms with Crippen LogP contribution in [-0.4, -0.2) is 22.6 Å². The Hall–Kier alpha value is -1.81. The fraction of sp³-hybridized carbons (Fsp3) is 0.438. The van der Waals surface area contributed by atoms with Crippen molar-refractivity contribution < 1.29 is 4.74 Å². The Balaban J connectivity index is 1.68. The number of H-pyrrole nitrogens is 1. The molecule has 0 saturated heterocycles. The highest BCUT2D eigenvalue weighted by atomic mass is 16.5. The highest BCUT2D eigenvalue weighted by Crippen LogP contribution is 2.14. The van der Waals surface area contributed by atoms with Crippen molar-refractivity contribution in [1.29, 1.82) is 0 Å². The van der Waals surface area contributed by atoms with E-state index in [-0.39, 0.29) is 6.10 Å². The molecule has 108 valence electrons. The van der Waals surface area contributed by atoms with Crippen molar-refractivity contribution in [2.75, 3.05) is 6.54 Å². The van der Waals surface area contributed by atoms with E-state index in [4.69, 9.17) is 4.74 Å². The van der Waals surface area contributed by atoms with Gasteiger partial charge in [-0.25, -0.2) is 4.98 Å². The minimum atomic E-state index is 0.214. The molecule has 2 aromatic rings. The zero-order valence-electron chi connectivity index (χ0n) is 12.2. The number of ether oxygens (including phenoxy) is 1. The monoisotopic (exact) mass is 273 g/mol. The maximum Gasteiger partial charge on any atom is 0.120 e. The number of imidazole rings is 1. The smallest absolute Gasteiger partial charge is 0.120 e. The fourth-order valence-corrected chi connectivity index (χ4v) is 2.05. The van der Waals surface area contributed by atoms with Crippen LogP contribution in [-0.2, 0) is 13.0 Å². The number of nitrogens with zero attached hydrogens (tertiary/aromatic N) is 1. The summed E-state index contributed by atoms with van der Waals surface area (Å²) in [6.45, 7) is 5.93. The van der Waals surface area contributed by atoms with E-state index in [1.807, 2.05) is 32.2 Å². The number of aromatic amines is 1. The Bertz CT molecular complexity index is 494. The molecule has 0 spiro atoms. The van der Waals surface area contributed by atoms with Crippen molar-refractivity contribution in [2.45, 2.75) is 39.3 Å². The molecule has 1 aromatic carbocycles. The van der Waals surface area contributed by atoms with E-state index >= 15 is 0 Å². The van der Waals surface area contributed by atoms with Gasteiger partial charge in [0.15, 0.2) is 0 Å². The molecule has 0 aliphatic heterocycles. The summed E-state index contributed by atoms with van der Waals surface area (Å²) in [4.78, 5) is 7.33. The molecule has 0 amide bonds. The maximum atomic E-state index is 5.69. The molecule has 1 aromatic heterocycles. The van der Waals surface area contributed by atoms with Crippen molar-refractivity contribution >= 4 is 0 Å². The minimum absolute atomic E-state index is 0.214. The molecular weight excluding hydrogens is 250 g/mol. The summed E-state index contributed by atoms with van der Waals surface area (Å²) in [6, 6.07) is 8.25. The number of hydrogen-bond acceptors (Lipinski definition) is 3. The van der Waals surface area contributed by atoms with E-state index in [2.05, 4.69) is 27.4 Å². The van der Waals surface area contributed by atoms with Gasteiger partial charge in [0.25, 0.3) is 0 Å². The van der Waals surface area contributed by atoms with Crippen LogP contribution in [0, 0.1) is 0 Å². The molecule has 20 heavy (non-hydrogen) atoms. The predicted molar refractivity (Wildman–Crippen MR) is 80.8 cm³/mol. The highest BCUT2D eigenvalue weighted by molar-refractivity contribution is 5.28. The first-order valence-corrected chi connectivity index (χ1v) is 7.18. The predicted octanol–water partition coefficient (Wildman–Crippen LogP) is 2.92. The second-order valence-corrected chi connectivity index (χ2v) is 5.13. The number of aryl methyl sites for hydroxylation is 1. The lowest BCUT2D eigenvalue weighted by Gasteiger charge is -2.11. The second kappa shape index (κ2) is 7.70. The van der Waals surface area contributed by atoms with Gasteiger partial charge in [-0.05, 0) is 44.5 Å². The molecule has 4 heteroatoms. The zero-order valence-corrected chi connectivity index (χ0v) is 12.2. The third-order valence-electron chi connectivity index (χ3n) is 2.92. The van der Waals surface area contributed by atoms with Gasteiger partial charge in [0.05, 0.1) is 6.10 Å². The van der Waals surface area contributed by atoms with Gasteiger partial charge in [-0.2, -0.15) is 0 Å². The van der Waals surface area contributed by atoms with Crippen LogP contribution in [0.2, 0.25) is 0 Å². The largest absolute Gasteiger partial charge is 0.491 e. The van der Waals surface area contributed by atoms with Gasteiger partial charge in [0.1, 0.15) is 11.6 Å². The Morgan fingerprint density at radius 3 is 3.00 bits per heavy atom. The zero-order chi connectivity index (χ0) is 14.2. The molecule has 2 N–H and O–H groups in total. The van der Waals surface area contributed by atoms with Crippen LogP contribution in [0.3, 0.4) is 0 Å². The quantitative estimate of drug-likeness (QED) is 0.727. The molecule has 0 bridgehead atoms. The number of rotatable bonds is 8. The first-order chi connectivity index (χ1) is 9.74. The molecule has 0 aliphatic rings. The van der Waals surface area contributed by atoms with Crippen molar-refractivity contribution in [3.8, 4) is 5.75 Å². The van der Waals surface area contributed by atoms with Crippen molar-refractivity contribution in [2.24, 2.45) is 0 Å². The number of benzene rings is 1. The molecule has 0 saturated carbocycles. The van der Waals surface area contributed by atoms with E-state index in [1.54, 1.807) is 6.20 Å². The summed E-state index contributed by atoms with van der Waals surface area (Å²) in [5.74, 6) is 1.99. The van der Waals surface area contributed by atoms with Gasteiger partial charge in [-0.3, -0.25) is 0 Å². The van der Waals surface area contributed by atoms with Crippen molar-refractivity contribution in [3.05, 3.63) is 48.0 Å². The summed E-state index contributed by atoms with van der Waals surface area (Å²) >= 11 is 0. The Kier molecular flexibility index (Phi) is 5.62. The van der Waals surface area contributed by atoms with Gasteiger partial charge in [-0.15, -0.1) is 0 Å². The summed E-state index contributed by atoms with van der Waals surface area (Å²) in [6.07, 6.45) is 5.93. The van der Waals surface area contributed by atoms with Crippen LogP contribution < -0.4 is 10.1 Å². The lowest BCUT2D eigenvalue weighted by molar-refractivity contribution is 0.242. The van der Waals surface area contributed by atoms with Crippen LogP contribution in [0.1, 0.15) is 31.7 Å². The number of hydrogen-bond donors (Lipinski definition) is 2. The summed E-state index contributed by atoms with van der Waals surface area (Å²) < 4.78 is 5.69. The second-order valence-electron chi connectivity index (χ2n) is 5.13. The molecule has 4 nitrogen and oxygen atoms in total. The van der Waals surface area contributed by atoms with Gasteiger partial charge in [0.2, 0.25) is 0 Å². The van der Waals surface area contributed by atoms with E-state index in [0.29, 0.717) is 0 Å². The average molecular weight is 273 g/mol. The molecular formula is C16H23N3O. The van der Waals surface area contributed by atoms with Crippen LogP contribution in [0.4, 0.5) is 0 Å². The van der Waals surface area contributed by atoms with E-state index in [9.17, 15) is 0 Å². The van der Waals surface area contributed by atoms with Gasteiger partial charge in [0, 0.05) is 25.4 Å². The molecule has 0 radical (unpaired) electrons. The summed E-state index contributed by atoms with van der Waals surface area (Å²) in [5, 5.41) is 3.45. The topological polar surface area (TPSA) is 49.9 Å². The van der Waals surface area contributed by atoms with Crippen LogP contribution >= 0.6 is 0 Å². The average Bonchev–Trinajstić information content (AvgIpc) is 2.91. The Morgan fingerprint density at radius 2 is 2.25 bits per heavy atom. The lowest BCUT2D eigenvalue weighted by Crippen LogP contribution is -2.15. The summed E-state index contributed by atoms with van der Waals surface area (Å²) in [7, 11) is 0. The third kappa shape index (κ3) is 5.05. The fourth-order valence-electron chi connectivity index (χ4n) is 2.05. The van der Waals surface area contributed by atoms with Crippen LogP contribution in [0.15, 0.2) is 36.7 Å². The molecule has 0 aliphatic carbocycles. The van der Waals surface area contributed by atoms with E-state index < -0.39 is 0 Å². The first kappa shape index (κ1) is 14.6. The number of aromatic nitrogens is 2. The Labute approximate surface area is 120 Å². The molecule has 0 unspecified atom stereocenters. The minimum Gasteiger partial charge on any atom is -0.491 e. The highest BCUT2D eigenvalue weighted by Gasteiger charge is 2.00. The maximum absolute atomic E-state index is 5.69. The van der Waals surface area contributed by atoms with Gasteiger partial charge in [-0.1, -0.05) is 12.1 Å². The van der Waals surface area contributed by atoms with Crippen molar-refractivity contribution in [3.63, 3.8) is 0 Å². The first-order valence-electron chi connectivity index (χ1n) is 7.18. The normalized spacial score (nSPS) is 10.9. The Morgan fingerprint density at radius 1 is 1.35 bits per heavy atom. The van der Waals surface area contributed by atoms with Gasteiger partial charge < -0.3 is 15.0 Å². The van der Waals surface area contributed by atoms with Crippen LogP contribution in [0.5, 0.6) is 5.75 Å².